The lowest BCUT2D eigenvalue weighted by atomic mass is 9.96. The van der Waals surface area contributed by atoms with E-state index in [-0.39, 0.29) is 24.3 Å². The lowest BCUT2D eigenvalue weighted by Crippen LogP contribution is -2.52. The second-order valence-electron chi connectivity index (χ2n) is 5.49. The van der Waals surface area contributed by atoms with Gasteiger partial charge in [0.05, 0.1) is 5.56 Å². The largest absolute Gasteiger partial charge is 0.416 e. The number of alkyl halides is 3. The second kappa shape index (κ2) is 6.54. The highest BCUT2D eigenvalue weighted by Gasteiger charge is 2.41. The molecule has 3 rings (SSSR count). The monoisotopic (exact) mass is 349 g/mol. The lowest BCUT2D eigenvalue weighted by molar-refractivity contribution is -0.139. The van der Waals surface area contributed by atoms with Gasteiger partial charge in [-0.15, -0.1) is 0 Å². The van der Waals surface area contributed by atoms with Gasteiger partial charge in [-0.1, -0.05) is 24.3 Å². The van der Waals surface area contributed by atoms with Crippen LogP contribution < -0.4 is 5.32 Å². The van der Waals surface area contributed by atoms with Crippen molar-refractivity contribution >= 4 is 11.8 Å². The first-order valence-corrected chi connectivity index (χ1v) is 7.55. The van der Waals surface area contributed by atoms with Crippen LogP contribution >= 0.6 is 0 Å². The number of nitrogens with zero attached hydrogens (tertiary/aromatic N) is 2. The average molecular weight is 349 g/mol. The SMILES string of the molecule is O=C1NCCN(C(=O)c2ccccn2)C1c1ccccc1C(F)(F)F. The summed E-state index contributed by atoms with van der Waals surface area (Å²) in [5, 5.41) is 2.52. The molecule has 130 valence electrons. The summed E-state index contributed by atoms with van der Waals surface area (Å²) in [5.41, 5.74) is -1.11. The van der Waals surface area contributed by atoms with Crippen molar-refractivity contribution in [1.29, 1.82) is 0 Å². The van der Waals surface area contributed by atoms with Gasteiger partial charge in [0.1, 0.15) is 11.7 Å². The molecule has 1 aliphatic rings. The topological polar surface area (TPSA) is 62.3 Å². The molecule has 1 aliphatic heterocycles. The number of hydrogen-bond acceptors (Lipinski definition) is 3. The number of benzene rings is 1. The summed E-state index contributed by atoms with van der Waals surface area (Å²) < 4.78 is 40.0. The van der Waals surface area contributed by atoms with Crippen molar-refractivity contribution in [2.45, 2.75) is 12.2 Å². The zero-order valence-corrected chi connectivity index (χ0v) is 13.0. The van der Waals surface area contributed by atoms with Crippen molar-refractivity contribution in [1.82, 2.24) is 15.2 Å². The van der Waals surface area contributed by atoms with Gasteiger partial charge in [0.15, 0.2) is 0 Å². The molecule has 1 atom stereocenters. The van der Waals surface area contributed by atoms with Gasteiger partial charge >= 0.3 is 6.18 Å². The highest BCUT2D eigenvalue weighted by Crippen LogP contribution is 2.37. The predicted molar refractivity (Wildman–Crippen MR) is 82.5 cm³/mol. The summed E-state index contributed by atoms with van der Waals surface area (Å²) in [7, 11) is 0. The van der Waals surface area contributed by atoms with Crippen LogP contribution in [-0.4, -0.2) is 34.8 Å². The van der Waals surface area contributed by atoms with E-state index in [0.717, 1.165) is 11.0 Å². The number of pyridine rings is 1. The van der Waals surface area contributed by atoms with E-state index in [1.807, 2.05) is 0 Å². The van der Waals surface area contributed by atoms with Crippen LogP contribution in [0.5, 0.6) is 0 Å². The molecule has 2 aromatic rings. The maximum Gasteiger partial charge on any atom is 0.416 e. The third-order valence-electron chi connectivity index (χ3n) is 3.92. The predicted octanol–water partition coefficient (Wildman–Crippen LogP) is 2.41. The first-order chi connectivity index (χ1) is 11.9. The van der Waals surface area contributed by atoms with E-state index in [1.54, 1.807) is 12.1 Å². The fraction of sp³-hybridized carbons (Fsp3) is 0.235. The molecular formula is C17H14F3N3O2. The summed E-state index contributed by atoms with van der Waals surface area (Å²) in [6, 6.07) is 8.10. The number of piperazine rings is 1. The number of nitrogens with one attached hydrogen (secondary N) is 1. The van der Waals surface area contributed by atoms with E-state index >= 15 is 0 Å². The van der Waals surface area contributed by atoms with Gasteiger partial charge in [-0.25, -0.2) is 0 Å². The Morgan fingerprint density at radius 3 is 2.56 bits per heavy atom. The minimum atomic E-state index is -4.63. The summed E-state index contributed by atoms with van der Waals surface area (Å²) in [6.07, 6.45) is -3.22. The average Bonchev–Trinajstić information content (AvgIpc) is 2.61. The maximum atomic E-state index is 13.3. The lowest BCUT2D eigenvalue weighted by Gasteiger charge is -2.36. The number of amides is 2. The zero-order valence-electron chi connectivity index (χ0n) is 13.0. The zero-order chi connectivity index (χ0) is 18.0. The highest BCUT2D eigenvalue weighted by atomic mass is 19.4. The van der Waals surface area contributed by atoms with Crippen LogP contribution in [0.1, 0.15) is 27.7 Å². The van der Waals surface area contributed by atoms with Gasteiger partial charge in [-0.3, -0.25) is 14.6 Å². The van der Waals surface area contributed by atoms with E-state index in [1.165, 1.54) is 30.5 Å². The molecule has 2 amide bonds. The standard InChI is InChI=1S/C17H14F3N3O2/c18-17(19,20)12-6-2-1-5-11(12)14-15(24)22-9-10-23(14)16(25)13-7-3-4-8-21-13/h1-8,14H,9-10H2,(H,22,24). The van der Waals surface area contributed by atoms with Crippen LogP contribution in [0.15, 0.2) is 48.7 Å². The maximum absolute atomic E-state index is 13.3. The van der Waals surface area contributed by atoms with Crippen LogP contribution in [0.3, 0.4) is 0 Å². The number of aromatic nitrogens is 1. The third-order valence-corrected chi connectivity index (χ3v) is 3.92. The minimum absolute atomic E-state index is 0.0756. The van der Waals surface area contributed by atoms with E-state index in [0.29, 0.717) is 0 Å². The number of hydrogen-bond donors (Lipinski definition) is 1. The van der Waals surface area contributed by atoms with Crippen LogP contribution in [0, 0.1) is 0 Å². The van der Waals surface area contributed by atoms with Crippen LogP contribution in [0.2, 0.25) is 0 Å². The Kier molecular flexibility index (Phi) is 4.43. The number of carbonyl (C=O) groups is 2. The summed E-state index contributed by atoms with van der Waals surface area (Å²) in [4.78, 5) is 30.1. The van der Waals surface area contributed by atoms with Crippen molar-refractivity contribution in [3.05, 3.63) is 65.5 Å². The molecule has 1 aromatic heterocycles. The van der Waals surface area contributed by atoms with Crippen LogP contribution in [-0.2, 0) is 11.0 Å². The number of rotatable bonds is 2. The van der Waals surface area contributed by atoms with Crippen molar-refractivity contribution in [2.75, 3.05) is 13.1 Å². The Morgan fingerprint density at radius 1 is 1.16 bits per heavy atom. The Morgan fingerprint density at radius 2 is 1.88 bits per heavy atom. The van der Waals surface area contributed by atoms with Crippen molar-refractivity contribution in [2.24, 2.45) is 0 Å². The Bertz CT molecular complexity index is 793. The summed E-state index contributed by atoms with van der Waals surface area (Å²) in [6.45, 7) is 0.264. The first-order valence-electron chi connectivity index (χ1n) is 7.55. The van der Waals surface area contributed by atoms with Gasteiger partial charge in [-0.2, -0.15) is 13.2 Å². The van der Waals surface area contributed by atoms with Gasteiger partial charge in [0.25, 0.3) is 5.91 Å². The summed E-state index contributed by atoms with van der Waals surface area (Å²) in [5.74, 6) is -1.23. The molecule has 8 heteroatoms. The molecule has 2 heterocycles. The normalized spacial score (nSPS) is 18.0. The smallest absolute Gasteiger partial charge is 0.352 e. The molecule has 0 radical (unpaired) electrons. The van der Waals surface area contributed by atoms with Crippen molar-refractivity contribution in [3.8, 4) is 0 Å². The minimum Gasteiger partial charge on any atom is -0.352 e. The van der Waals surface area contributed by atoms with E-state index in [2.05, 4.69) is 10.3 Å². The molecule has 1 unspecified atom stereocenters. The van der Waals surface area contributed by atoms with E-state index in [9.17, 15) is 22.8 Å². The molecule has 0 bridgehead atoms. The van der Waals surface area contributed by atoms with Gasteiger partial charge < -0.3 is 10.2 Å². The summed E-state index contributed by atoms with van der Waals surface area (Å²) >= 11 is 0. The van der Waals surface area contributed by atoms with Gasteiger partial charge in [-0.05, 0) is 23.8 Å². The van der Waals surface area contributed by atoms with Gasteiger partial charge in [0, 0.05) is 19.3 Å². The molecule has 1 saturated heterocycles. The Balaban J connectivity index is 2.06. The van der Waals surface area contributed by atoms with E-state index in [4.69, 9.17) is 0 Å². The third kappa shape index (κ3) is 3.33. The number of carbonyl (C=O) groups excluding carboxylic acids is 2. The molecule has 5 nitrogen and oxygen atoms in total. The van der Waals surface area contributed by atoms with Crippen LogP contribution in [0.4, 0.5) is 13.2 Å². The molecule has 1 aromatic carbocycles. The molecule has 1 fully saturated rings. The molecule has 0 aliphatic carbocycles. The fourth-order valence-corrected chi connectivity index (χ4v) is 2.82. The first kappa shape index (κ1) is 16.9. The Hall–Kier alpha value is -2.90. The van der Waals surface area contributed by atoms with Crippen molar-refractivity contribution < 1.29 is 22.8 Å². The van der Waals surface area contributed by atoms with Crippen LogP contribution in [0.25, 0.3) is 0 Å². The molecule has 0 spiro atoms. The quantitative estimate of drug-likeness (QED) is 0.906. The number of halogens is 3. The van der Waals surface area contributed by atoms with Crippen molar-refractivity contribution in [3.63, 3.8) is 0 Å². The van der Waals surface area contributed by atoms with Gasteiger partial charge in [0.2, 0.25) is 5.91 Å². The molecule has 0 saturated carbocycles. The highest BCUT2D eigenvalue weighted by molar-refractivity contribution is 5.97. The fourth-order valence-electron chi connectivity index (χ4n) is 2.82. The molecule has 1 N–H and O–H groups in total. The van der Waals surface area contributed by atoms with E-state index < -0.39 is 29.6 Å². The molecular weight excluding hydrogens is 335 g/mol. The second-order valence-corrected chi connectivity index (χ2v) is 5.49. The molecule has 25 heavy (non-hydrogen) atoms. The Labute approximate surface area is 141 Å².